The minimum absolute atomic E-state index is 0.0936. The maximum Gasteiger partial charge on any atom is 0.348 e. The van der Waals surface area contributed by atoms with Gasteiger partial charge in [-0.3, -0.25) is 0 Å². The summed E-state index contributed by atoms with van der Waals surface area (Å²) >= 11 is 0. The molecule has 0 rings (SSSR count). The van der Waals surface area contributed by atoms with Crippen molar-refractivity contribution in [1.29, 1.82) is 5.26 Å². The molecule has 0 saturated heterocycles. The number of rotatable bonds is 4. The predicted molar refractivity (Wildman–Crippen MR) is 63.6 cm³/mol. The smallest absolute Gasteiger partial charge is 0.348 e. The number of nitrogens with zero attached hydrogens (tertiary/aromatic N) is 1. The second-order valence-corrected chi connectivity index (χ2v) is 6.07. The number of carbonyl (C=O) groups excluding carboxylic acids is 1. The Morgan fingerprint density at radius 2 is 1.81 bits per heavy atom. The first-order chi connectivity index (χ1) is 7.07. The van der Waals surface area contributed by atoms with Crippen LogP contribution in [0.5, 0.6) is 0 Å². The highest BCUT2D eigenvalue weighted by Gasteiger charge is 2.27. The lowest BCUT2D eigenvalue weighted by Gasteiger charge is -2.31. The van der Waals surface area contributed by atoms with Gasteiger partial charge < -0.3 is 4.74 Å². The quantitative estimate of drug-likeness (QED) is 0.418. The van der Waals surface area contributed by atoms with Crippen molar-refractivity contribution < 1.29 is 9.53 Å². The zero-order valence-electron chi connectivity index (χ0n) is 10.9. The van der Waals surface area contributed by atoms with Crippen LogP contribution in [0.1, 0.15) is 41.0 Å². The fraction of sp³-hybridized carbons (Fsp3) is 0.692. The lowest BCUT2D eigenvalue weighted by Crippen LogP contribution is -2.27. The second-order valence-electron chi connectivity index (χ2n) is 6.07. The molecule has 0 aromatic carbocycles. The first kappa shape index (κ1) is 14.7. The van der Waals surface area contributed by atoms with Gasteiger partial charge in [0.25, 0.3) is 0 Å². The Labute approximate surface area is 98.1 Å². The average Bonchev–Trinajstić information content (AvgIpc) is 2.09. The fourth-order valence-electron chi connectivity index (χ4n) is 1.88. The van der Waals surface area contributed by atoms with Crippen molar-refractivity contribution in [2.24, 2.45) is 10.8 Å². The minimum Gasteiger partial charge on any atom is -0.461 e. The molecule has 90 valence electrons. The van der Waals surface area contributed by atoms with E-state index in [9.17, 15) is 4.79 Å². The van der Waals surface area contributed by atoms with Gasteiger partial charge in [0.1, 0.15) is 11.6 Å². The van der Waals surface area contributed by atoms with Crippen LogP contribution in [0.2, 0.25) is 0 Å². The third kappa shape index (κ3) is 6.23. The lowest BCUT2D eigenvalue weighted by molar-refractivity contribution is -0.142. The summed E-state index contributed by atoms with van der Waals surface area (Å²) in [6, 6.07) is 1.68. The number of hydrogen-bond acceptors (Lipinski definition) is 3. The molecule has 0 atom stereocenters. The average molecular weight is 223 g/mol. The Balaban J connectivity index is 4.26. The number of hydrogen-bond donors (Lipinski definition) is 0. The summed E-state index contributed by atoms with van der Waals surface area (Å²) < 4.78 is 5.04. The maximum absolute atomic E-state index is 11.2. The number of ether oxygens (including phenoxy) is 1. The fourth-order valence-corrected chi connectivity index (χ4v) is 1.88. The van der Waals surface area contributed by atoms with Gasteiger partial charge in [-0.25, -0.2) is 4.79 Å². The summed E-state index contributed by atoms with van der Waals surface area (Å²) in [6.07, 6.45) is 0.937. The Morgan fingerprint density at radius 1 is 1.31 bits per heavy atom. The van der Waals surface area contributed by atoms with Gasteiger partial charge in [0.05, 0.1) is 6.61 Å². The Kier molecular flexibility index (Phi) is 4.74. The van der Waals surface area contributed by atoms with E-state index in [4.69, 9.17) is 10.00 Å². The zero-order chi connectivity index (χ0) is 13.0. The molecule has 0 heterocycles. The van der Waals surface area contributed by atoms with Crippen molar-refractivity contribution in [2.75, 3.05) is 6.61 Å². The van der Waals surface area contributed by atoms with E-state index >= 15 is 0 Å². The summed E-state index contributed by atoms with van der Waals surface area (Å²) in [7, 11) is 0. The van der Waals surface area contributed by atoms with Crippen LogP contribution in [0.4, 0.5) is 0 Å². The maximum atomic E-state index is 11.2. The highest BCUT2D eigenvalue weighted by atomic mass is 16.5. The zero-order valence-corrected chi connectivity index (χ0v) is 10.9. The van der Waals surface area contributed by atoms with Gasteiger partial charge in [-0.15, -0.1) is 0 Å². The highest BCUT2D eigenvalue weighted by Crippen LogP contribution is 2.33. The number of nitriles is 1. The lowest BCUT2D eigenvalue weighted by atomic mass is 9.77. The molecule has 0 aliphatic rings. The summed E-state index contributed by atoms with van der Waals surface area (Å²) in [5.41, 5.74) is -0.0576. The molecular weight excluding hydrogens is 202 g/mol. The largest absolute Gasteiger partial charge is 0.461 e. The van der Waals surface area contributed by atoms with E-state index in [1.54, 1.807) is 6.07 Å². The van der Waals surface area contributed by atoms with Crippen molar-refractivity contribution in [3.05, 3.63) is 12.2 Å². The summed E-state index contributed by atoms with van der Waals surface area (Å²) in [6.45, 7) is 14.1. The van der Waals surface area contributed by atoms with Gasteiger partial charge in [-0.05, 0) is 17.3 Å². The molecule has 0 N–H and O–H groups in total. The topological polar surface area (TPSA) is 50.1 Å². The Morgan fingerprint density at radius 3 is 2.19 bits per heavy atom. The molecule has 0 aliphatic carbocycles. The Bertz CT molecular complexity index is 316. The molecule has 16 heavy (non-hydrogen) atoms. The summed E-state index contributed by atoms with van der Waals surface area (Å²) in [4.78, 5) is 11.2. The Hall–Kier alpha value is -1.30. The molecule has 0 aromatic rings. The van der Waals surface area contributed by atoms with Crippen LogP contribution < -0.4 is 0 Å². The van der Waals surface area contributed by atoms with E-state index in [0.717, 1.165) is 6.42 Å². The first-order valence-electron chi connectivity index (χ1n) is 5.33. The van der Waals surface area contributed by atoms with Crippen molar-refractivity contribution in [2.45, 2.75) is 41.0 Å². The number of esters is 1. The molecule has 0 spiro atoms. The molecule has 3 nitrogen and oxygen atoms in total. The van der Waals surface area contributed by atoms with E-state index in [1.165, 1.54) is 0 Å². The van der Waals surface area contributed by atoms with Crippen molar-refractivity contribution in [3.8, 4) is 6.07 Å². The van der Waals surface area contributed by atoms with E-state index in [1.807, 2.05) is 13.8 Å². The van der Waals surface area contributed by atoms with Crippen LogP contribution >= 0.6 is 0 Å². The monoisotopic (exact) mass is 223 g/mol. The van der Waals surface area contributed by atoms with Crippen LogP contribution in [-0.2, 0) is 9.53 Å². The normalized spacial score (nSPS) is 11.8. The molecule has 0 radical (unpaired) electrons. The van der Waals surface area contributed by atoms with Crippen LogP contribution in [0.25, 0.3) is 0 Å². The van der Waals surface area contributed by atoms with Gasteiger partial charge >= 0.3 is 5.97 Å². The summed E-state index contributed by atoms with van der Waals surface area (Å²) in [5.74, 6) is -0.621. The predicted octanol–water partition coefficient (Wildman–Crippen LogP) is 3.07. The third-order valence-electron chi connectivity index (χ3n) is 1.98. The van der Waals surface area contributed by atoms with E-state index < -0.39 is 5.97 Å². The molecule has 0 bridgehead atoms. The van der Waals surface area contributed by atoms with Crippen molar-refractivity contribution >= 4 is 5.97 Å². The van der Waals surface area contributed by atoms with Crippen LogP contribution in [0.3, 0.4) is 0 Å². The second kappa shape index (κ2) is 5.16. The molecule has 0 fully saturated rings. The molecule has 0 aliphatic heterocycles. The molecule has 0 unspecified atom stereocenters. The molecule has 0 aromatic heterocycles. The van der Waals surface area contributed by atoms with Gasteiger partial charge in [-0.2, -0.15) is 5.26 Å². The van der Waals surface area contributed by atoms with Crippen LogP contribution in [-0.4, -0.2) is 12.6 Å². The van der Waals surface area contributed by atoms with Crippen molar-refractivity contribution in [1.82, 2.24) is 0 Å². The van der Waals surface area contributed by atoms with E-state index in [0.29, 0.717) is 6.61 Å². The first-order valence-corrected chi connectivity index (χ1v) is 5.33. The molecule has 0 saturated carbocycles. The van der Waals surface area contributed by atoms with Gasteiger partial charge in [0, 0.05) is 0 Å². The van der Waals surface area contributed by atoms with Gasteiger partial charge in [-0.1, -0.05) is 41.2 Å². The highest BCUT2D eigenvalue weighted by molar-refractivity contribution is 5.91. The SMILES string of the molecule is C=C(C#N)C(=O)OCC(C)(C)CC(C)(C)C. The molecule has 0 amide bonds. The van der Waals surface area contributed by atoms with Crippen LogP contribution in [0.15, 0.2) is 12.2 Å². The molecular formula is C13H21NO2. The minimum atomic E-state index is -0.621. The van der Waals surface area contributed by atoms with Gasteiger partial charge in [0.15, 0.2) is 0 Å². The van der Waals surface area contributed by atoms with Crippen molar-refractivity contribution in [3.63, 3.8) is 0 Å². The van der Waals surface area contributed by atoms with E-state index in [-0.39, 0.29) is 16.4 Å². The van der Waals surface area contributed by atoms with Crippen LogP contribution in [0, 0.1) is 22.2 Å². The third-order valence-corrected chi connectivity index (χ3v) is 1.98. The van der Waals surface area contributed by atoms with Gasteiger partial charge in [0.2, 0.25) is 0 Å². The summed E-state index contributed by atoms with van der Waals surface area (Å²) in [5, 5.41) is 8.47. The van der Waals surface area contributed by atoms with E-state index in [2.05, 4.69) is 27.4 Å². The standard InChI is InChI=1S/C13H21NO2/c1-10(7-14)11(15)16-9-13(5,6)8-12(2,3)4/h1,8-9H2,2-6H3. The number of carbonyl (C=O) groups is 1. The molecule has 3 heteroatoms.